The van der Waals surface area contributed by atoms with Crippen LogP contribution in [0.2, 0.25) is 5.15 Å². The van der Waals surface area contributed by atoms with E-state index in [1.807, 2.05) is 6.92 Å². The molecule has 1 aliphatic heterocycles. The predicted octanol–water partition coefficient (Wildman–Crippen LogP) is 3.63. The zero-order valence-electron chi connectivity index (χ0n) is 16.9. The lowest BCUT2D eigenvalue weighted by Gasteiger charge is -2.13. The maximum absolute atomic E-state index is 13.0. The highest BCUT2D eigenvalue weighted by atomic mass is 35.5. The molecule has 4 heterocycles. The fraction of sp³-hybridized carbons (Fsp3) is 0.350. The maximum atomic E-state index is 13.0. The summed E-state index contributed by atoms with van der Waals surface area (Å²) in [5.74, 6) is 0.459. The summed E-state index contributed by atoms with van der Waals surface area (Å²) in [5.41, 5.74) is 2.34. The number of aryl methyl sites for hydroxylation is 1. The van der Waals surface area contributed by atoms with E-state index in [0.29, 0.717) is 51.9 Å². The van der Waals surface area contributed by atoms with Crippen molar-refractivity contribution in [3.05, 3.63) is 40.9 Å². The quantitative estimate of drug-likeness (QED) is 0.531. The van der Waals surface area contributed by atoms with Gasteiger partial charge in [0.15, 0.2) is 0 Å². The number of ether oxygens (including phenoxy) is 3. The summed E-state index contributed by atoms with van der Waals surface area (Å²) < 4.78 is 16.4. The fourth-order valence-electron chi connectivity index (χ4n) is 3.14. The molecule has 4 rings (SSSR count). The zero-order chi connectivity index (χ0) is 21.8. The molecule has 0 aliphatic carbocycles. The van der Waals surface area contributed by atoms with Gasteiger partial charge in [0, 0.05) is 35.5 Å². The Morgan fingerprint density at radius 3 is 2.94 bits per heavy atom. The molecule has 3 aromatic heterocycles. The third-order valence-electron chi connectivity index (χ3n) is 4.72. The van der Waals surface area contributed by atoms with Gasteiger partial charge in [0.25, 0.3) is 11.1 Å². The molecule has 1 atom stereocenters. The predicted molar refractivity (Wildman–Crippen MR) is 116 cm³/mol. The fourth-order valence-corrected chi connectivity index (χ4v) is 3.90. The van der Waals surface area contributed by atoms with E-state index in [-0.39, 0.29) is 11.1 Å². The summed E-state index contributed by atoms with van der Waals surface area (Å²) in [6, 6.07) is 3.44. The highest BCUT2D eigenvalue weighted by molar-refractivity contribution is 7.17. The van der Waals surface area contributed by atoms with Gasteiger partial charge in [-0.1, -0.05) is 16.7 Å². The van der Waals surface area contributed by atoms with Crippen molar-refractivity contribution >= 4 is 34.0 Å². The minimum absolute atomic E-state index is 0.287. The molecule has 0 radical (unpaired) electrons. The maximum Gasteiger partial charge on any atom is 0.295 e. The molecule has 1 fully saturated rings. The molecular weight excluding hydrogens is 442 g/mol. The van der Waals surface area contributed by atoms with Crippen molar-refractivity contribution < 1.29 is 19.0 Å². The van der Waals surface area contributed by atoms with Gasteiger partial charge in [0.1, 0.15) is 10.9 Å². The van der Waals surface area contributed by atoms with Crippen molar-refractivity contribution in [1.29, 1.82) is 0 Å². The molecule has 0 aromatic carbocycles. The van der Waals surface area contributed by atoms with Crippen LogP contribution in [-0.2, 0) is 4.74 Å². The third-order valence-corrected chi connectivity index (χ3v) is 5.68. The van der Waals surface area contributed by atoms with Gasteiger partial charge in [-0.2, -0.15) is 0 Å². The molecule has 1 saturated heterocycles. The van der Waals surface area contributed by atoms with E-state index < -0.39 is 0 Å². The van der Waals surface area contributed by atoms with E-state index in [9.17, 15) is 4.79 Å². The molecule has 0 spiro atoms. The molecule has 0 bridgehead atoms. The molecule has 0 unspecified atom stereocenters. The molecule has 1 aliphatic rings. The highest BCUT2D eigenvalue weighted by Gasteiger charge is 2.20. The number of hydrogen-bond donors (Lipinski definition) is 1. The van der Waals surface area contributed by atoms with Crippen molar-refractivity contribution in [2.45, 2.75) is 13.3 Å². The molecule has 162 valence electrons. The summed E-state index contributed by atoms with van der Waals surface area (Å²) >= 11 is 7.24. The first kappa shape index (κ1) is 21.4. The first-order valence-electron chi connectivity index (χ1n) is 9.55. The highest BCUT2D eigenvalue weighted by Crippen LogP contribution is 2.34. The van der Waals surface area contributed by atoms with E-state index in [1.54, 1.807) is 12.1 Å². The van der Waals surface area contributed by atoms with Crippen LogP contribution in [0.4, 0.5) is 5.13 Å². The van der Waals surface area contributed by atoms with Gasteiger partial charge in [-0.05, 0) is 36.8 Å². The molecule has 1 N–H and O–H groups in total. The van der Waals surface area contributed by atoms with E-state index in [2.05, 4.69) is 25.5 Å². The number of pyridine rings is 2. The topological polar surface area (TPSA) is 108 Å². The Morgan fingerprint density at radius 2 is 2.16 bits per heavy atom. The van der Waals surface area contributed by atoms with Crippen molar-refractivity contribution in [1.82, 2.24) is 20.2 Å². The zero-order valence-corrected chi connectivity index (χ0v) is 18.5. The molecule has 0 saturated carbocycles. The number of carbonyl (C=O) groups excluding carboxylic acids is 1. The number of aromatic nitrogens is 4. The number of methoxy groups -OCH3 is 1. The van der Waals surface area contributed by atoms with E-state index in [1.165, 1.54) is 19.5 Å². The number of rotatable bonds is 7. The lowest BCUT2D eigenvalue weighted by Crippen LogP contribution is -2.14. The number of nitrogens with one attached hydrogen (secondary N) is 1. The van der Waals surface area contributed by atoms with Crippen LogP contribution in [0, 0.1) is 12.8 Å². The van der Waals surface area contributed by atoms with Crippen LogP contribution in [0.25, 0.3) is 11.1 Å². The summed E-state index contributed by atoms with van der Waals surface area (Å²) in [5, 5.41) is 11.8. The van der Waals surface area contributed by atoms with Crippen LogP contribution in [0.15, 0.2) is 24.5 Å². The van der Waals surface area contributed by atoms with Gasteiger partial charge >= 0.3 is 0 Å². The molecular formula is C20H20ClN5O4S. The van der Waals surface area contributed by atoms with Crippen molar-refractivity contribution in [2.75, 3.05) is 32.2 Å². The second kappa shape index (κ2) is 9.54. The van der Waals surface area contributed by atoms with Crippen molar-refractivity contribution in [3.8, 4) is 22.1 Å². The SMILES string of the molecule is COc1cnc(Cl)cc1-c1cc(C)ncc1C(=O)Nc1nnc(OC[C@@H]2CCOC2)s1. The monoisotopic (exact) mass is 461 g/mol. The van der Waals surface area contributed by atoms with Crippen molar-refractivity contribution in [2.24, 2.45) is 5.92 Å². The van der Waals surface area contributed by atoms with Crippen LogP contribution in [0.1, 0.15) is 22.5 Å². The Morgan fingerprint density at radius 1 is 1.29 bits per heavy atom. The summed E-state index contributed by atoms with van der Waals surface area (Å²) in [7, 11) is 1.53. The number of carbonyl (C=O) groups is 1. The van der Waals surface area contributed by atoms with E-state index in [0.717, 1.165) is 30.1 Å². The van der Waals surface area contributed by atoms with Gasteiger partial charge in [-0.25, -0.2) is 4.98 Å². The third kappa shape index (κ3) is 5.09. The van der Waals surface area contributed by atoms with E-state index >= 15 is 0 Å². The second-order valence-electron chi connectivity index (χ2n) is 6.95. The van der Waals surface area contributed by atoms with Gasteiger partial charge in [0.05, 0.1) is 32.1 Å². The van der Waals surface area contributed by atoms with Gasteiger partial charge < -0.3 is 14.2 Å². The molecule has 1 amide bonds. The van der Waals surface area contributed by atoms with Gasteiger partial charge in [-0.15, -0.1) is 5.10 Å². The average molecular weight is 462 g/mol. The number of hydrogen-bond acceptors (Lipinski definition) is 9. The molecule has 31 heavy (non-hydrogen) atoms. The average Bonchev–Trinajstić information content (AvgIpc) is 3.44. The second-order valence-corrected chi connectivity index (χ2v) is 8.27. The summed E-state index contributed by atoms with van der Waals surface area (Å²) in [6.45, 7) is 3.79. The van der Waals surface area contributed by atoms with E-state index in [4.69, 9.17) is 25.8 Å². The Hall–Kier alpha value is -2.82. The largest absolute Gasteiger partial charge is 0.494 e. The normalized spacial score (nSPS) is 15.6. The Labute approximate surface area is 187 Å². The standard InChI is InChI=1S/C20H20ClN5O4S/c1-11-5-13(14-6-17(21)23-8-16(14)28-2)15(7-22-11)18(27)24-19-25-26-20(31-19)30-10-12-3-4-29-9-12/h5-8,12H,3-4,9-10H2,1-2H3,(H,24,25,27)/t12-/m1/s1. The van der Waals surface area contributed by atoms with Crippen LogP contribution in [0.3, 0.4) is 0 Å². The van der Waals surface area contributed by atoms with Crippen LogP contribution < -0.4 is 14.8 Å². The summed E-state index contributed by atoms with van der Waals surface area (Å²) in [6.07, 6.45) is 3.99. The minimum atomic E-state index is -0.385. The Kier molecular flexibility index (Phi) is 6.59. The molecule has 3 aromatic rings. The lowest BCUT2D eigenvalue weighted by atomic mass is 10.0. The summed E-state index contributed by atoms with van der Waals surface area (Å²) in [4.78, 5) is 21.3. The van der Waals surface area contributed by atoms with Gasteiger partial charge in [0.2, 0.25) is 5.13 Å². The van der Waals surface area contributed by atoms with Crippen LogP contribution in [0.5, 0.6) is 10.9 Å². The van der Waals surface area contributed by atoms with Crippen LogP contribution in [-0.4, -0.2) is 53.0 Å². The van der Waals surface area contributed by atoms with Gasteiger partial charge in [-0.3, -0.25) is 15.1 Å². The van der Waals surface area contributed by atoms with Crippen LogP contribution >= 0.6 is 22.9 Å². The first-order chi connectivity index (χ1) is 15.0. The number of halogens is 1. The lowest BCUT2D eigenvalue weighted by molar-refractivity contribution is 0.102. The minimum Gasteiger partial charge on any atom is -0.494 e. The smallest absolute Gasteiger partial charge is 0.295 e. The number of amides is 1. The number of anilines is 1. The Bertz CT molecular complexity index is 1090. The number of nitrogens with zero attached hydrogens (tertiary/aromatic N) is 4. The Balaban J connectivity index is 1.54. The molecule has 9 nitrogen and oxygen atoms in total. The molecule has 11 heteroatoms. The first-order valence-corrected chi connectivity index (χ1v) is 10.7. The van der Waals surface area contributed by atoms with Crippen molar-refractivity contribution in [3.63, 3.8) is 0 Å².